The molecule has 1 atom stereocenters. The number of allylic oxidation sites excluding steroid dienone is 2. The van der Waals surface area contributed by atoms with Crippen LogP contribution in [0.4, 0.5) is 0 Å². The summed E-state index contributed by atoms with van der Waals surface area (Å²) in [5.74, 6) is 0.159. The highest BCUT2D eigenvalue weighted by atomic mass is 35.5. The van der Waals surface area contributed by atoms with Crippen LogP contribution < -0.4 is 5.32 Å². The van der Waals surface area contributed by atoms with Crippen LogP contribution >= 0.6 is 34.8 Å². The van der Waals surface area contributed by atoms with Gasteiger partial charge in [0.2, 0.25) is 5.91 Å². The van der Waals surface area contributed by atoms with Crippen molar-refractivity contribution >= 4 is 47.5 Å². The second-order valence-electron chi connectivity index (χ2n) is 6.75. The van der Waals surface area contributed by atoms with Gasteiger partial charge in [0.25, 0.3) is 0 Å². The van der Waals surface area contributed by atoms with E-state index in [1.807, 2.05) is 75.3 Å². The Kier molecular flexibility index (Phi) is 20.5. The zero-order valence-corrected chi connectivity index (χ0v) is 22.2. The third-order valence-corrected chi connectivity index (χ3v) is 5.30. The van der Waals surface area contributed by atoms with Crippen molar-refractivity contribution in [2.24, 2.45) is 5.92 Å². The van der Waals surface area contributed by atoms with Gasteiger partial charge in [-0.15, -0.1) is 6.58 Å². The molecule has 0 bridgehead atoms. The Labute approximate surface area is 213 Å². The lowest BCUT2D eigenvalue weighted by molar-refractivity contribution is -0.117. The van der Waals surface area contributed by atoms with Crippen LogP contribution in [0.25, 0.3) is 0 Å². The standard InChI is InChI=1S/C16H20ClNO.C7H6Cl2.C2H6O.CH2O/c1-4-13(11-12(2)16(19)18-3)5-6-14-7-9-15(17)10-8-14;1-5-6(8)3-2-4-7(5)9;1-3-2;1-2/h4,7-11,13H,1,5-6H2,2-3H3,(H,18,19);2-4H,1H3;1-2H3;1H2/b12-11+;;;. The molecule has 0 aliphatic heterocycles. The first-order valence-corrected chi connectivity index (χ1v) is 11.2. The molecular weight excluding hydrogens is 481 g/mol. The van der Waals surface area contributed by atoms with E-state index in [2.05, 4.69) is 16.6 Å². The van der Waals surface area contributed by atoms with Crippen LogP contribution in [0.5, 0.6) is 0 Å². The van der Waals surface area contributed by atoms with Crippen LogP contribution in [0, 0.1) is 12.8 Å². The van der Waals surface area contributed by atoms with E-state index in [1.54, 1.807) is 21.3 Å². The molecule has 0 spiro atoms. The summed E-state index contributed by atoms with van der Waals surface area (Å²) in [4.78, 5) is 19.4. The molecule has 2 aromatic rings. The smallest absolute Gasteiger partial charge is 0.246 e. The molecule has 1 amide bonds. The number of methoxy groups -OCH3 is 1. The van der Waals surface area contributed by atoms with Crippen molar-refractivity contribution < 1.29 is 14.3 Å². The van der Waals surface area contributed by atoms with Crippen molar-refractivity contribution in [3.05, 3.63) is 93.0 Å². The fraction of sp³-hybridized carbons (Fsp3) is 0.308. The molecule has 4 nitrogen and oxygen atoms in total. The number of benzene rings is 2. The first-order valence-electron chi connectivity index (χ1n) is 10.1. The van der Waals surface area contributed by atoms with E-state index in [0.29, 0.717) is 0 Å². The number of likely N-dealkylation sites (N-methyl/N-ethyl adjacent to an activating group) is 1. The molecule has 1 N–H and O–H groups in total. The maximum absolute atomic E-state index is 11.4. The van der Waals surface area contributed by atoms with Crippen molar-refractivity contribution in [3.8, 4) is 0 Å². The van der Waals surface area contributed by atoms with Gasteiger partial charge in [-0.05, 0) is 68.0 Å². The zero-order chi connectivity index (χ0) is 25.8. The van der Waals surface area contributed by atoms with Crippen LogP contribution in [0.3, 0.4) is 0 Å². The van der Waals surface area contributed by atoms with Gasteiger partial charge in [0.1, 0.15) is 6.79 Å². The summed E-state index contributed by atoms with van der Waals surface area (Å²) in [7, 11) is 4.89. The molecular formula is C26H34Cl3NO3. The van der Waals surface area contributed by atoms with Crippen LogP contribution in [-0.2, 0) is 20.7 Å². The molecule has 0 saturated heterocycles. The number of nitrogens with one attached hydrogen (secondary N) is 1. The molecule has 7 heteroatoms. The van der Waals surface area contributed by atoms with Gasteiger partial charge in [-0.2, -0.15) is 0 Å². The van der Waals surface area contributed by atoms with E-state index in [0.717, 1.165) is 39.0 Å². The van der Waals surface area contributed by atoms with Crippen molar-refractivity contribution in [3.63, 3.8) is 0 Å². The Morgan fingerprint density at radius 3 is 1.94 bits per heavy atom. The number of amides is 1. The van der Waals surface area contributed by atoms with E-state index in [-0.39, 0.29) is 11.8 Å². The van der Waals surface area contributed by atoms with Crippen LogP contribution in [0.2, 0.25) is 15.1 Å². The van der Waals surface area contributed by atoms with Crippen LogP contribution in [0.1, 0.15) is 24.5 Å². The lowest BCUT2D eigenvalue weighted by Gasteiger charge is -2.09. The van der Waals surface area contributed by atoms with Crippen molar-refractivity contribution in [1.29, 1.82) is 0 Å². The zero-order valence-electron chi connectivity index (χ0n) is 20.0. The molecule has 0 radical (unpaired) electrons. The number of hydrogen-bond donors (Lipinski definition) is 1. The van der Waals surface area contributed by atoms with Gasteiger partial charge in [0.15, 0.2) is 0 Å². The SMILES string of the molecule is C=CC(/C=C(\C)C(=O)NC)CCc1ccc(Cl)cc1.C=O.COC.Cc1c(Cl)cccc1Cl. The Balaban J connectivity index is 0. The number of hydrogen-bond acceptors (Lipinski definition) is 3. The highest BCUT2D eigenvalue weighted by Gasteiger charge is 2.06. The molecule has 0 saturated carbocycles. The summed E-state index contributed by atoms with van der Waals surface area (Å²) in [5, 5.41) is 4.82. The second kappa shape index (κ2) is 20.5. The number of halogens is 3. The predicted octanol–water partition coefficient (Wildman–Crippen LogP) is 7.15. The highest BCUT2D eigenvalue weighted by Crippen LogP contribution is 2.22. The van der Waals surface area contributed by atoms with E-state index >= 15 is 0 Å². The van der Waals surface area contributed by atoms with Crippen molar-refractivity contribution in [2.75, 3.05) is 21.3 Å². The van der Waals surface area contributed by atoms with Gasteiger partial charge >= 0.3 is 0 Å². The fourth-order valence-corrected chi connectivity index (χ4v) is 2.95. The van der Waals surface area contributed by atoms with Gasteiger partial charge in [0.05, 0.1) is 0 Å². The number of carbonyl (C=O) groups is 2. The lowest BCUT2D eigenvalue weighted by Crippen LogP contribution is -2.19. The van der Waals surface area contributed by atoms with Crippen molar-refractivity contribution in [1.82, 2.24) is 5.32 Å². The van der Waals surface area contributed by atoms with E-state index in [1.165, 1.54) is 5.56 Å². The monoisotopic (exact) mass is 513 g/mol. The Morgan fingerprint density at radius 1 is 1.06 bits per heavy atom. The molecule has 0 aliphatic rings. The number of carbonyl (C=O) groups excluding carboxylic acids is 2. The predicted molar refractivity (Wildman–Crippen MR) is 143 cm³/mol. The quantitative estimate of drug-likeness (QED) is 0.329. The molecule has 0 aromatic heterocycles. The molecule has 33 heavy (non-hydrogen) atoms. The normalized spacial score (nSPS) is 10.7. The summed E-state index contributed by atoms with van der Waals surface area (Å²) in [6.45, 7) is 9.54. The molecule has 2 rings (SSSR count). The lowest BCUT2D eigenvalue weighted by atomic mass is 9.97. The molecule has 1 unspecified atom stereocenters. The minimum absolute atomic E-state index is 0.0432. The topological polar surface area (TPSA) is 55.4 Å². The first-order chi connectivity index (χ1) is 15.7. The second-order valence-corrected chi connectivity index (χ2v) is 8.00. The molecule has 0 fully saturated rings. The maximum atomic E-state index is 11.4. The molecule has 182 valence electrons. The van der Waals surface area contributed by atoms with Gasteiger partial charge in [-0.3, -0.25) is 4.79 Å². The number of aryl methyl sites for hydroxylation is 1. The van der Waals surface area contributed by atoms with E-state index in [9.17, 15) is 4.79 Å². The minimum atomic E-state index is -0.0432. The summed E-state index contributed by atoms with van der Waals surface area (Å²) < 4.78 is 4.25. The van der Waals surface area contributed by atoms with Crippen LogP contribution in [-0.4, -0.2) is 34.0 Å². The van der Waals surface area contributed by atoms with Gasteiger partial charge in [-0.1, -0.05) is 65.2 Å². The van der Waals surface area contributed by atoms with Gasteiger partial charge in [-0.25, -0.2) is 0 Å². The number of rotatable bonds is 6. The summed E-state index contributed by atoms with van der Waals surface area (Å²) >= 11 is 17.3. The Hall–Kier alpha value is -2.11. The Bertz CT molecular complexity index is 832. The van der Waals surface area contributed by atoms with Crippen molar-refractivity contribution in [2.45, 2.75) is 26.7 Å². The molecule has 0 heterocycles. The first kappa shape index (κ1) is 33.1. The largest absolute Gasteiger partial charge is 0.388 e. The minimum Gasteiger partial charge on any atom is -0.388 e. The summed E-state index contributed by atoms with van der Waals surface area (Å²) in [6, 6.07) is 13.3. The maximum Gasteiger partial charge on any atom is 0.246 e. The molecule has 2 aromatic carbocycles. The highest BCUT2D eigenvalue weighted by molar-refractivity contribution is 6.35. The average Bonchev–Trinajstić information content (AvgIpc) is 2.82. The van der Waals surface area contributed by atoms with Gasteiger partial charge in [0, 0.05) is 41.9 Å². The summed E-state index contributed by atoms with van der Waals surface area (Å²) in [5.41, 5.74) is 2.91. The van der Waals surface area contributed by atoms with E-state index in [4.69, 9.17) is 39.6 Å². The third-order valence-electron chi connectivity index (χ3n) is 4.23. The number of ether oxygens (including phenoxy) is 1. The van der Waals surface area contributed by atoms with E-state index < -0.39 is 0 Å². The average molecular weight is 515 g/mol. The Morgan fingerprint density at radius 2 is 1.55 bits per heavy atom. The fourth-order valence-electron chi connectivity index (χ4n) is 2.43. The third kappa shape index (κ3) is 15.4. The van der Waals surface area contributed by atoms with Crippen LogP contribution in [0.15, 0.2) is 66.8 Å². The molecule has 0 aliphatic carbocycles. The van der Waals surface area contributed by atoms with Gasteiger partial charge < -0.3 is 14.8 Å². The summed E-state index contributed by atoms with van der Waals surface area (Å²) in [6.07, 6.45) is 5.70.